The quantitative estimate of drug-likeness (QED) is 0.269. The van der Waals surface area contributed by atoms with E-state index in [1.165, 1.54) is 6.92 Å². The number of ether oxygens (including phenoxy) is 3. The van der Waals surface area contributed by atoms with E-state index in [1.54, 1.807) is 0 Å². The topological polar surface area (TPSA) is 169 Å². The molecule has 10 atom stereocenters. The van der Waals surface area contributed by atoms with E-state index in [1.807, 2.05) is 0 Å². The van der Waals surface area contributed by atoms with Crippen molar-refractivity contribution in [1.82, 2.24) is 0 Å². The molecule has 2 rings (SSSR count). The SMILES string of the molecule is C[C@H]1O[C@@H](O)[C@H](O)[C@@H](O)[C@@H]1O[C@H]1O[C@H](CO)[C@@H](O)[C@H](O)[C@H]1O. The van der Waals surface area contributed by atoms with Gasteiger partial charge in [-0.05, 0) is 6.92 Å². The van der Waals surface area contributed by atoms with Crippen LogP contribution in [-0.2, 0) is 14.2 Å². The molecule has 0 amide bonds. The van der Waals surface area contributed by atoms with Crippen molar-refractivity contribution < 1.29 is 50.0 Å². The number of aliphatic hydroxyl groups is 7. The van der Waals surface area contributed by atoms with Gasteiger partial charge in [0.2, 0.25) is 0 Å². The zero-order valence-corrected chi connectivity index (χ0v) is 11.8. The molecule has 2 heterocycles. The highest BCUT2D eigenvalue weighted by molar-refractivity contribution is 4.92. The van der Waals surface area contributed by atoms with Crippen molar-refractivity contribution >= 4 is 0 Å². The van der Waals surface area contributed by atoms with E-state index < -0.39 is 68.0 Å². The van der Waals surface area contributed by atoms with Crippen LogP contribution in [0.5, 0.6) is 0 Å². The Hall–Kier alpha value is -0.400. The van der Waals surface area contributed by atoms with Crippen LogP contribution in [0, 0.1) is 0 Å². The second-order valence-electron chi connectivity index (χ2n) is 5.51. The van der Waals surface area contributed by atoms with Gasteiger partial charge in [-0.1, -0.05) is 0 Å². The molecule has 2 aliphatic heterocycles. The molecule has 0 unspecified atom stereocenters. The summed E-state index contributed by atoms with van der Waals surface area (Å²) in [5.41, 5.74) is 0. The van der Waals surface area contributed by atoms with Crippen LogP contribution in [0.1, 0.15) is 6.92 Å². The van der Waals surface area contributed by atoms with Crippen LogP contribution in [0.2, 0.25) is 0 Å². The molecule has 0 aromatic rings. The highest BCUT2D eigenvalue weighted by atomic mass is 16.7. The summed E-state index contributed by atoms with van der Waals surface area (Å²) >= 11 is 0. The van der Waals surface area contributed by atoms with Gasteiger partial charge < -0.3 is 50.0 Å². The van der Waals surface area contributed by atoms with Crippen LogP contribution < -0.4 is 0 Å². The zero-order chi connectivity index (χ0) is 16.6. The first-order valence-electron chi connectivity index (χ1n) is 6.93. The van der Waals surface area contributed by atoms with E-state index in [0.717, 1.165) is 0 Å². The molecule has 7 N–H and O–H groups in total. The van der Waals surface area contributed by atoms with Gasteiger partial charge in [0.15, 0.2) is 12.6 Å². The molecular weight excluding hydrogens is 304 g/mol. The maximum atomic E-state index is 9.92. The lowest BCUT2D eigenvalue weighted by atomic mass is 9.97. The number of aliphatic hydroxyl groups excluding tert-OH is 7. The molecule has 0 saturated carbocycles. The second-order valence-corrected chi connectivity index (χ2v) is 5.51. The van der Waals surface area contributed by atoms with Gasteiger partial charge in [0.25, 0.3) is 0 Å². The largest absolute Gasteiger partial charge is 0.394 e. The van der Waals surface area contributed by atoms with Crippen molar-refractivity contribution in [3.63, 3.8) is 0 Å². The summed E-state index contributed by atoms with van der Waals surface area (Å²) in [6.45, 7) is 0.846. The minimum Gasteiger partial charge on any atom is -0.394 e. The maximum Gasteiger partial charge on any atom is 0.187 e. The summed E-state index contributed by atoms with van der Waals surface area (Å²) in [7, 11) is 0. The van der Waals surface area contributed by atoms with E-state index in [4.69, 9.17) is 19.3 Å². The molecule has 22 heavy (non-hydrogen) atoms. The van der Waals surface area contributed by atoms with Gasteiger partial charge in [0.1, 0.15) is 42.7 Å². The normalized spacial score (nSPS) is 53.5. The lowest BCUT2D eigenvalue weighted by molar-refractivity contribution is -0.351. The molecule has 130 valence electrons. The Kier molecular flexibility index (Phi) is 5.72. The van der Waals surface area contributed by atoms with Gasteiger partial charge in [-0.2, -0.15) is 0 Å². The Labute approximate surface area is 126 Å². The van der Waals surface area contributed by atoms with Crippen molar-refractivity contribution in [2.75, 3.05) is 6.61 Å². The number of hydrogen-bond acceptors (Lipinski definition) is 10. The van der Waals surface area contributed by atoms with Gasteiger partial charge in [-0.25, -0.2) is 0 Å². The second kappa shape index (κ2) is 7.01. The highest BCUT2D eigenvalue weighted by Crippen LogP contribution is 2.28. The molecule has 2 aliphatic rings. The third kappa shape index (κ3) is 3.26. The molecule has 0 radical (unpaired) electrons. The predicted octanol–water partition coefficient (Wildman–Crippen LogP) is -4.37. The lowest BCUT2D eigenvalue weighted by Crippen LogP contribution is -2.63. The molecule has 0 aromatic carbocycles. The first kappa shape index (κ1) is 17.9. The Balaban J connectivity index is 2.08. The van der Waals surface area contributed by atoms with Crippen LogP contribution in [0.15, 0.2) is 0 Å². The van der Waals surface area contributed by atoms with Crippen molar-refractivity contribution in [3.8, 4) is 0 Å². The van der Waals surface area contributed by atoms with Crippen molar-refractivity contribution in [2.45, 2.75) is 68.3 Å². The lowest BCUT2D eigenvalue weighted by Gasteiger charge is -2.44. The first-order valence-corrected chi connectivity index (χ1v) is 6.93. The molecule has 0 aliphatic carbocycles. The fraction of sp³-hybridized carbons (Fsp3) is 1.00. The third-order valence-corrected chi connectivity index (χ3v) is 3.94. The average molecular weight is 326 g/mol. The van der Waals surface area contributed by atoms with Crippen LogP contribution in [-0.4, -0.2) is 104 Å². The Morgan fingerprint density at radius 3 is 2.05 bits per heavy atom. The van der Waals surface area contributed by atoms with Crippen LogP contribution in [0.3, 0.4) is 0 Å². The van der Waals surface area contributed by atoms with Crippen molar-refractivity contribution in [2.24, 2.45) is 0 Å². The minimum absolute atomic E-state index is 0.620. The smallest absolute Gasteiger partial charge is 0.187 e. The average Bonchev–Trinajstić information content (AvgIpc) is 2.49. The molecule has 2 saturated heterocycles. The van der Waals surface area contributed by atoms with Crippen LogP contribution in [0.4, 0.5) is 0 Å². The number of hydrogen-bond donors (Lipinski definition) is 7. The summed E-state index contributed by atoms with van der Waals surface area (Å²) in [5, 5.41) is 67.2. The molecular formula is C12H22O10. The highest BCUT2D eigenvalue weighted by Gasteiger charge is 2.49. The van der Waals surface area contributed by atoms with Gasteiger partial charge >= 0.3 is 0 Å². The van der Waals surface area contributed by atoms with Crippen LogP contribution >= 0.6 is 0 Å². The van der Waals surface area contributed by atoms with E-state index in [-0.39, 0.29) is 0 Å². The van der Waals surface area contributed by atoms with E-state index in [9.17, 15) is 30.6 Å². The van der Waals surface area contributed by atoms with Crippen molar-refractivity contribution in [1.29, 1.82) is 0 Å². The summed E-state index contributed by atoms with van der Waals surface area (Å²) in [5.74, 6) is 0. The van der Waals surface area contributed by atoms with Crippen molar-refractivity contribution in [3.05, 3.63) is 0 Å². The summed E-state index contributed by atoms with van der Waals surface area (Å²) in [6, 6.07) is 0. The summed E-state index contributed by atoms with van der Waals surface area (Å²) in [4.78, 5) is 0. The van der Waals surface area contributed by atoms with Crippen LogP contribution in [0.25, 0.3) is 0 Å². The molecule has 0 bridgehead atoms. The molecule has 2 fully saturated rings. The summed E-state index contributed by atoms with van der Waals surface area (Å²) in [6.07, 6.45) is -14.2. The minimum atomic E-state index is -1.64. The fourth-order valence-corrected chi connectivity index (χ4v) is 2.54. The molecule has 0 spiro atoms. The van der Waals surface area contributed by atoms with E-state index >= 15 is 0 Å². The Bertz CT molecular complexity index is 366. The summed E-state index contributed by atoms with van der Waals surface area (Å²) < 4.78 is 15.5. The Morgan fingerprint density at radius 1 is 0.818 bits per heavy atom. The molecule has 10 nitrogen and oxygen atoms in total. The number of rotatable bonds is 3. The van der Waals surface area contributed by atoms with E-state index in [2.05, 4.69) is 0 Å². The first-order chi connectivity index (χ1) is 10.3. The monoisotopic (exact) mass is 326 g/mol. The molecule has 10 heteroatoms. The zero-order valence-electron chi connectivity index (χ0n) is 11.8. The Morgan fingerprint density at radius 2 is 1.45 bits per heavy atom. The third-order valence-electron chi connectivity index (χ3n) is 3.94. The van der Waals surface area contributed by atoms with Gasteiger partial charge in [-0.3, -0.25) is 0 Å². The van der Waals surface area contributed by atoms with Gasteiger partial charge in [-0.15, -0.1) is 0 Å². The molecule has 0 aromatic heterocycles. The van der Waals surface area contributed by atoms with Gasteiger partial charge in [0.05, 0.1) is 12.7 Å². The van der Waals surface area contributed by atoms with E-state index in [0.29, 0.717) is 0 Å². The predicted molar refractivity (Wildman–Crippen MR) is 67.2 cm³/mol. The standard InChI is InChI=1S/C12H22O10/c1-3-10(7(16)8(17)11(19)20-3)22-12-9(18)6(15)5(14)4(2-13)21-12/h3-19H,2H2,1H3/t3-,4-,5-,6+,7-,8-,9-,10-,11-,12-/m1/s1. The maximum absolute atomic E-state index is 9.92. The van der Waals surface area contributed by atoms with Gasteiger partial charge in [0, 0.05) is 0 Å². The fourth-order valence-electron chi connectivity index (χ4n) is 2.54.